The van der Waals surface area contributed by atoms with Crippen LogP contribution < -0.4 is 4.90 Å². The molecule has 32 heavy (non-hydrogen) atoms. The smallest absolute Gasteiger partial charge is 0.250 e. The number of fused-ring (bicyclic) bond motifs is 1. The van der Waals surface area contributed by atoms with Gasteiger partial charge in [0, 0.05) is 37.6 Å². The first kappa shape index (κ1) is 24.7. The third-order valence-corrected chi connectivity index (χ3v) is 7.59. The van der Waals surface area contributed by atoms with E-state index in [1.807, 2.05) is 36.1 Å². The number of carbonyl (C=O) groups is 2. The van der Waals surface area contributed by atoms with Crippen molar-refractivity contribution in [2.45, 2.75) is 75.4 Å². The van der Waals surface area contributed by atoms with E-state index >= 15 is 0 Å². The summed E-state index contributed by atoms with van der Waals surface area (Å²) >= 11 is 1.40. The minimum absolute atomic E-state index is 0.0420. The van der Waals surface area contributed by atoms with Crippen molar-refractivity contribution in [2.24, 2.45) is 0 Å². The number of benzene rings is 1. The minimum atomic E-state index is -0.663. The van der Waals surface area contributed by atoms with Gasteiger partial charge in [0.15, 0.2) is 5.25 Å². The largest absolute Gasteiger partial charge is 0.374 e. The summed E-state index contributed by atoms with van der Waals surface area (Å²) in [5.41, 5.74) is 0.921. The number of amides is 2. The van der Waals surface area contributed by atoms with E-state index in [2.05, 4.69) is 24.1 Å². The molecule has 2 amide bonds. The molecule has 176 valence electrons. The quantitative estimate of drug-likeness (QED) is 0.334. The fourth-order valence-electron chi connectivity index (χ4n) is 4.40. The SMILES string of the molecule is CCCCCCCCCC=CN1CCN(C(=O)C2Sc3ccccc3N(CC)C2=O)CC1. The van der Waals surface area contributed by atoms with Crippen molar-refractivity contribution in [1.29, 1.82) is 0 Å². The first-order valence-electron chi connectivity index (χ1n) is 12.4. The standard InChI is InChI=1S/C26H39N3O2S/c1-3-5-6-7-8-9-10-11-14-17-27-18-20-28(21-19-27)25(30)24-26(31)29(4-2)22-15-12-13-16-23(22)32-24/h12-17,24H,3-11,18-21H2,1-2H3. The molecule has 0 spiro atoms. The Labute approximate surface area is 198 Å². The molecule has 0 aromatic heterocycles. The lowest BCUT2D eigenvalue weighted by atomic mass is 10.1. The van der Waals surface area contributed by atoms with E-state index in [1.165, 1.54) is 56.7 Å². The number of unbranched alkanes of at least 4 members (excludes halogenated alkanes) is 7. The van der Waals surface area contributed by atoms with Crippen LogP contribution in [-0.4, -0.2) is 59.6 Å². The van der Waals surface area contributed by atoms with Crippen LogP contribution in [0.4, 0.5) is 5.69 Å². The molecule has 1 aromatic rings. The Bertz CT molecular complexity index is 774. The number of anilines is 1. The van der Waals surface area contributed by atoms with Crippen molar-refractivity contribution in [1.82, 2.24) is 9.80 Å². The highest BCUT2D eigenvalue weighted by atomic mass is 32.2. The molecule has 0 aliphatic carbocycles. The zero-order chi connectivity index (χ0) is 22.8. The topological polar surface area (TPSA) is 43.9 Å². The van der Waals surface area contributed by atoms with E-state index in [4.69, 9.17) is 0 Å². The summed E-state index contributed by atoms with van der Waals surface area (Å²) in [7, 11) is 0. The molecular weight excluding hydrogens is 418 g/mol. The summed E-state index contributed by atoms with van der Waals surface area (Å²) in [6.07, 6.45) is 15.0. The number of hydrogen-bond acceptors (Lipinski definition) is 4. The van der Waals surface area contributed by atoms with Gasteiger partial charge in [0.2, 0.25) is 11.8 Å². The highest BCUT2D eigenvalue weighted by Gasteiger charge is 2.40. The molecule has 3 rings (SSSR count). The summed E-state index contributed by atoms with van der Waals surface area (Å²) in [6, 6.07) is 7.87. The lowest BCUT2D eigenvalue weighted by Crippen LogP contribution is -2.54. The number of allylic oxidation sites excluding steroid dienone is 1. The Morgan fingerprint density at radius 2 is 1.69 bits per heavy atom. The molecule has 2 aliphatic rings. The van der Waals surface area contributed by atoms with Gasteiger partial charge in [-0.2, -0.15) is 0 Å². The lowest BCUT2D eigenvalue weighted by Gasteiger charge is -2.38. The number of carbonyl (C=O) groups excluding carboxylic acids is 2. The summed E-state index contributed by atoms with van der Waals surface area (Å²) < 4.78 is 0. The Kier molecular flexibility index (Phi) is 9.97. The molecule has 1 saturated heterocycles. The van der Waals surface area contributed by atoms with Crippen LogP contribution in [0.1, 0.15) is 65.2 Å². The molecule has 1 atom stereocenters. The summed E-state index contributed by atoms with van der Waals surface area (Å²) in [5, 5.41) is -0.663. The van der Waals surface area contributed by atoms with Gasteiger partial charge >= 0.3 is 0 Å². The first-order valence-corrected chi connectivity index (χ1v) is 13.3. The van der Waals surface area contributed by atoms with Gasteiger partial charge in [0.1, 0.15) is 0 Å². The summed E-state index contributed by atoms with van der Waals surface area (Å²) in [6.45, 7) is 7.82. The number of piperazine rings is 1. The molecular formula is C26H39N3O2S. The minimum Gasteiger partial charge on any atom is -0.374 e. The molecule has 2 aliphatic heterocycles. The van der Waals surface area contributed by atoms with Gasteiger partial charge in [-0.1, -0.05) is 63.7 Å². The fourth-order valence-corrected chi connectivity index (χ4v) is 5.59. The van der Waals surface area contributed by atoms with E-state index in [-0.39, 0.29) is 11.8 Å². The zero-order valence-corrected chi connectivity index (χ0v) is 20.6. The summed E-state index contributed by atoms with van der Waals surface area (Å²) in [5.74, 6) is -0.127. The van der Waals surface area contributed by atoms with Gasteiger partial charge in [-0.3, -0.25) is 9.59 Å². The molecule has 1 unspecified atom stereocenters. The van der Waals surface area contributed by atoms with Crippen LogP contribution in [0.25, 0.3) is 0 Å². The van der Waals surface area contributed by atoms with E-state index < -0.39 is 5.25 Å². The van der Waals surface area contributed by atoms with Crippen molar-refractivity contribution >= 4 is 29.3 Å². The Balaban J connectivity index is 1.41. The number of rotatable bonds is 11. The number of hydrogen-bond donors (Lipinski definition) is 0. The Morgan fingerprint density at radius 1 is 1.00 bits per heavy atom. The Morgan fingerprint density at radius 3 is 2.41 bits per heavy atom. The third kappa shape index (κ3) is 6.53. The van der Waals surface area contributed by atoms with Crippen molar-refractivity contribution in [3.05, 3.63) is 36.5 Å². The molecule has 1 aromatic carbocycles. The van der Waals surface area contributed by atoms with Gasteiger partial charge in [0.25, 0.3) is 0 Å². The average Bonchev–Trinajstić information content (AvgIpc) is 2.82. The van der Waals surface area contributed by atoms with E-state index in [1.54, 1.807) is 4.90 Å². The lowest BCUT2D eigenvalue weighted by molar-refractivity contribution is -0.135. The van der Waals surface area contributed by atoms with Crippen LogP contribution in [0.5, 0.6) is 0 Å². The second-order valence-corrected chi connectivity index (χ2v) is 9.85. The number of thioether (sulfide) groups is 1. The van der Waals surface area contributed by atoms with Crippen LogP contribution in [0.2, 0.25) is 0 Å². The van der Waals surface area contributed by atoms with Gasteiger partial charge < -0.3 is 14.7 Å². The molecule has 5 nitrogen and oxygen atoms in total. The highest BCUT2D eigenvalue weighted by molar-refractivity contribution is 8.01. The van der Waals surface area contributed by atoms with Crippen molar-refractivity contribution < 1.29 is 9.59 Å². The van der Waals surface area contributed by atoms with Crippen molar-refractivity contribution in [3.8, 4) is 0 Å². The van der Waals surface area contributed by atoms with Gasteiger partial charge in [-0.05, 0) is 38.1 Å². The highest BCUT2D eigenvalue weighted by Crippen LogP contribution is 2.39. The maximum atomic E-state index is 13.2. The first-order chi connectivity index (χ1) is 15.7. The zero-order valence-electron chi connectivity index (χ0n) is 19.8. The third-order valence-electron chi connectivity index (χ3n) is 6.35. The van der Waals surface area contributed by atoms with Crippen molar-refractivity contribution in [3.63, 3.8) is 0 Å². The molecule has 0 bridgehead atoms. The number of para-hydroxylation sites is 1. The molecule has 0 N–H and O–H groups in total. The van der Waals surface area contributed by atoms with Gasteiger partial charge in [-0.15, -0.1) is 11.8 Å². The maximum Gasteiger partial charge on any atom is 0.250 e. The maximum absolute atomic E-state index is 13.2. The van der Waals surface area contributed by atoms with Crippen LogP contribution in [0, 0.1) is 0 Å². The average molecular weight is 458 g/mol. The van der Waals surface area contributed by atoms with Crippen molar-refractivity contribution in [2.75, 3.05) is 37.6 Å². The van der Waals surface area contributed by atoms with Crippen LogP contribution in [0.3, 0.4) is 0 Å². The predicted molar refractivity (Wildman–Crippen MR) is 134 cm³/mol. The number of nitrogens with zero attached hydrogens (tertiary/aromatic N) is 3. The van der Waals surface area contributed by atoms with Gasteiger partial charge in [-0.25, -0.2) is 0 Å². The molecule has 6 heteroatoms. The van der Waals surface area contributed by atoms with E-state index in [0.717, 1.165) is 30.1 Å². The van der Waals surface area contributed by atoms with Gasteiger partial charge in [0.05, 0.1) is 5.69 Å². The molecule has 1 fully saturated rings. The molecule has 2 heterocycles. The fraction of sp³-hybridized carbons (Fsp3) is 0.615. The van der Waals surface area contributed by atoms with Crippen LogP contribution in [0.15, 0.2) is 41.4 Å². The Hall–Kier alpha value is -1.95. The van der Waals surface area contributed by atoms with Crippen LogP contribution in [-0.2, 0) is 9.59 Å². The van der Waals surface area contributed by atoms with E-state index in [9.17, 15) is 9.59 Å². The van der Waals surface area contributed by atoms with E-state index in [0.29, 0.717) is 19.6 Å². The second-order valence-electron chi connectivity index (χ2n) is 8.70. The molecule has 0 saturated carbocycles. The predicted octanol–water partition coefficient (Wildman–Crippen LogP) is 5.31. The second kappa shape index (κ2) is 12.9. The molecule has 0 radical (unpaired) electrons. The monoisotopic (exact) mass is 457 g/mol. The summed E-state index contributed by atoms with van der Waals surface area (Å²) in [4.78, 5) is 33.1. The normalized spacial score (nSPS) is 19.0. The van der Waals surface area contributed by atoms with Crippen LogP contribution >= 0.6 is 11.8 Å².